The van der Waals surface area contributed by atoms with Crippen molar-refractivity contribution in [2.75, 3.05) is 28.3 Å². The molecule has 1 aromatic heterocycles. The van der Waals surface area contributed by atoms with Crippen molar-refractivity contribution in [3.8, 4) is 0 Å². The Morgan fingerprint density at radius 1 is 1.24 bits per heavy atom. The van der Waals surface area contributed by atoms with Gasteiger partial charge < -0.3 is 10.2 Å². The van der Waals surface area contributed by atoms with Crippen LogP contribution >= 0.6 is 0 Å². The minimum Gasteiger partial charge on any atom is -0.366 e. The molecule has 3 rings (SSSR count). The summed E-state index contributed by atoms with van der Waals surface area (Å²) in [5.41, 5.74) is 1.18. The Balaban J connectivity index is 1.78. The number of rotatable bonds is 6. The molecule has 6 nitrogen and oxygen atoms in total. The van der Waals surface area contributed by atoms with E-state index >= 15 is 0 Å². The first-order valence-corrected chi connectivity index (χ1v) is 10.4. The number of aryl methyl sites for hydroxylation is 1. The minimum atomic E-state index is -2.93. The molecule has 2 aromatic rings. The molecule has 7 heteroatoms. The van der Waals surface area contributed by atoms with Gasteiger partial charge in [-0.05, 0) is 25.8 Å². The van der Waals surface area contributed by atoms with Crippen molar-refractivity contribution >= 4 is 21.5 Å². The Morgan fingerprint density at radius 3 is 2.64 bits per heavy atom. The minimum absolute atomic E-state index is 0.00808. The quantitative estimate of drug-likeness (QED) is 0.853. The molecule has 1 fully saturated rings. The average Bonchev–Trinajstić information content (AvgIpc) is 2.94. The topological polar surface area (TPSA) is 75.2 Å². The monoisotopic (exact) mass is 360 g/mol. The van der Waals surface area contributed by atoms with Crippen molar-refractivity contribution in [3.05, 3.63) is 47.8 Å². The van der Waals surface area contributed by atoms with Gasteiger partial charge in [-0.3, -0.25) is 0 Å². The molecule has 134 valence electrons. The van der Waals surface area contributed by atoms with Crippen LogP contribution in [-0.4, -0.2) is 42.5 Å². The largest absolute Gasteiger partial charge is 0.366 e. The molecule has 25 heavy (non-hydrogen) atoms. The third-order valence-corrected chi connectivity index (χ3v) is 6.18. The first-order chi connectivity index (χ1) is 12.0. The highest BCUT2D eigenvalue weighted by atomic mass is 32.2. The number of aromatic nitrogens is 2. The number of nitrogens with zero attached hydrogens (tertiary/aromatic N) is 3. The van der Waals surface area contributed by atoms with E-state index in [4.69, 9.17) is 0 Å². The SMILES string of the molecule is CCN(c1cc(NCc2ccccc2)nc(C)n1)C1CCS(=O)(=O)C1. The van der Waals surface area contributed by atoms with Crippen LogP contribution in [0.2, 0.25) is 0 Å². The van der Waals surface area contributed by atoms with E-state index < -0.39 is 9.84 Å². The number of sulfone groups is 1. The van der Waals surface area contributed by atoms with Crippen LogP contribution in [0.3, 0.4) is 0 Å². The van der Waals surface area contributed by atoms with Crippen LogP contribution in [0.1, 0.15) is 24.7 Å². The number of nitrogens with one attached hydrogen (secondary N) is 1. The van der Waals surface area contributed by atoms with Gasteiger partial charge in [-0.2, -0.15) is 0 Å². The Kier molecular flexibility index (Phi) is 5.22. The van der Waals surface area contributed by atoms with E-state index in [1.54, 1.807) is 0 Å². The molecule has 1 aliphatic heterocycles. The van der Waals surface area contributed by atoms with Crippen molar-refractivity contribution in [1.29, 1.82) is 0 Å². The first-order valence-electron chi connectivity index (χ1n) is 8.57. The Labute approximate surface area is 149 Å². The van der Waals surface area contributed by atoms with E-state index in [-0.39, 0.29) is 17.5 Å². The molecule has 1 aromatic carbocycles. The lowest BCUT2D eigenvalue weighted by Gasteiger charge is -2.28. The van der Waals surface area contributed by atoms with Gasteiger partial charge in [0.05, 0.1) is 11.5 Å². The third kappa shape index (κ3) is 4.48. The number of hydrogen-bond donors (Lipinski definition) is 1. The van der Waals surface area contributed by atoms with Crippen LogP contribution in [0.15, 0.2) is 36.4 Å². The van der Waals surface area contributed by atoms with Crippen LogP contribution < -0.4 is 10.2 Å². The predicted molar refractivity (Wildman–Crippen MR) is 101 cm³/mol. The van der Waals surface area contributed by atoms with E-state index in [9.17, 15) is 8.42 Å². The molecule has 1 unspecified atom stereocenters. The highest BCUT2D eigenvalue weighted by Crippen LogP contribution is 2.24. The van der Waals surface area contributed by atoms with Crippen molar-refractivity contribution in [3.63, 3.8) is 0 Å². The van der Waals surface area contributed by atoms with Gasteiger partial charge in [0.2, 0.25) is 0 Å². The summed E-state index contributed by atoms with van der Waals surface area (Å²) in [5, 5.41) is 3.33. The fourth-order valence-electron chi connectivity index (χ4n) is 3.21. The van der Waals surface area contributed by atoms with Crippen molar-refractivity contribution in [2.24, 2.45) is 0 Å². The van der Waals surface area contributed by atoms with Gasteiger partial charge in [-0.25, -0.2) is 18.4 Å². The van der Waals surface area contributed by atoms with Gasteiger partial charge in [-0.1, -0.05) is 30.3 Å². The molecular weight excluding hydrogens is 336 g/mol. The second-order valence-corrected chi connectivity index (χ2v) is 8.57. The van der Waals surface area contributed by atoms with Crippen LogP contribution in [0.5, 0.6) is 0 Å². The molecule has 1 atom stereocenters. The van der Waals surface area contributed by atoms with E-state index in [2.05, 4.69) is 32.3 Å². The van der Waals surface area contributed by atoms with E-state index in [1.165, 1.54) is 5.56 Å². The summed E-state index contributed by atoms with van der Waals surface area (Å²) in [4.78, 5) is 11.1. The zero-order valence-electron chi connectivity index (χ0n) is 14.6. The summed E-state index contributed by atoms with van der Waals surface area (Å²) in [6.45, 7) is 5.28. The smallest absolute Gasteiger partial charge is 0.152 e. The lowest BCUT2D eigenvalue weighted by molar-refractivity contribution is 0.599. The lowest BCUT2D eigenvalue weighted by Crippen LogP contribution is -2.37. The maximum Gasteiger partial charge on any atom is 0.152 e. The molecule has 0 amide bonds. The molecule has 2 heterocycles. The Hall–Kier alpha value is -2.15. The second kappa shape index (κ2) is 7.39. The number of benzene rings is 1. The van der Waals surface area contributed by atoms with Gasteiger partial charge in [0, 0.05) is 25.2 Å². The fourth-order valence-corrected chi connectivity index (χ4v) is 4.94. The van der Waals surface area contributed by atoms with Crippen LogP contribution in [0, 0.1) is 6.92 Å². The van der Waals surface area contributed by atoms with E-state index in [0.717, 1.165) is 18.2 Å². The molecule has 0 spiro atoms. The molecule has 0 radical (unpaired) electrons. The Bertz CT molecular complexity index is 824. The highest BCUT2D eigenvalue weighted by molar-refractivity contribution is 7.91. The zero-order chi connectivity index (χ0) is 17.9. The highest BCUT2D eigenvalue weighted by Gasteiger charge is 2.32. The molecular formula is C18H24N4O2S. The summed E-state index contributed by atoms with van der Waals surface area (Å²) in [6.07, 6.45) is 0.659. The van der Waals surface area contributed by atoms with Crippen LogP contribution in [0.25, 0.3) is 0 Å². The van der Waals surface area contributed by atoms with Crippen molar-refractivity contribution in [2.45, 2.75) is 32.9 Å². The van der Waals surface area contributed by atoms with Crippen molar-refractivity contribution < 1.29 is 8.42 Å². The van der Waals surface area contributed by atoms with Crippen LogP contribution in [-0.2, 0) is 16.4 Å². The second-order valence-electron chi connectivity index (χ2n) is 6.34. The normalized spacial score (nSPS) is 18.9. The molecule has 0 saturated carbocycles. The molecule has 1 N–H and O–H groups in total. The van der Waals surface area contributed by atoms with Crippen LogP contribution in [0.4, 0.5) is 11.6 Å². The Morgan fingerprint density at radius 2 is 2.00 bits per heavy atom. The maximum atomic E-state index is 11.8. The predicted octanol–water partition coefficient (Wildman–Crippen LogP) is 2.41. The zero-order valence-corrected chi connectivity index (χ0v) is 15.5. The standard InChI is InChI=1S/C18H24N4O2S/c1-3-22(16-9-10-25(23,24)13-16)18-11-17(20-14(2)21-18)19-12-15-7-5-4-6-8-15/h4-8,11,16H,3,9-10,12-13H2,1-2H3,(H,19,20,21). The third-order valence-electron chi connectivity index (χ3n) is 4.43. The summed E-state index contributed by atoms with van der Waals surface area (Å²) in [6, 6.07) is 12.0. The average molecular weight is 360 g/mol. The number of hydrogen-bond acceptors (Lipinski definition) is 6. The molecule has 0 aliphatic carbocycles. The van der Waals surface area contributed by atoms with E-state index in [1.807, 2.05) is 38.1 Å². The van der Waals surface area contributed by atoms with Crippen molar-refractivity contribution in [1.82, 2.24) is 9.97 Å². The maximum absolute atomic E-state index is 11.8. The summed E-state index contributed by atoms with van der Waals surface area (Å²) >= 11 is 0. The molecule has 1 saturated heterocycles. The fraction of sp³-hybridized carbons (Fsp3) is 0.444. The molecule has 1 aliphatic rings. The molecule has 0 bridgehead atoms. The summed E-state index contributed by atoms with van der Waals surface area (Å²) in [5.74, 6) is 2.68. The van der Waals surface area contributed by atoms with Gasteiger partial charge >= 0.3 is 0 Å². The van der Waals surface area contributed by atoms with Gasteiger partial charge in [0.15, 0.2) is 9.84 Å². The van der Waals surface area contributed by atoms with Gasteiger partial charge in [-0.15, -0.1) is 0 Å². The first kappa shape index (κ1) is 17.7. The summed E-state index contributed by atoms with van der Waals surface area (Å²) in [7, 11) is -2.93. The summed E-state index contributed by atoms with van der Waals surface area (Å²) < 4.78 is 23.6. The van der Waals surface area contributed by atoms with E-state index in [0.29, 0.717) is 18.8 Å². The van der Waals surface area contributed by atoms with Gasteiger partial charge in [0.1, 0.15) is 17.5 Å². The lowest BCUT2D eigenvalue weighted by atomic mass is 10.2. The number of anilines is 2. The van der Waals surface area contributed by atoms with Gasteiger partial charge in [0.25, 0.3) is 0 Å².